The molecule has 2 nitrogen and oxygen atoms in total. The molecule has 1 aromatic rings. The Kier molecular flexibility index (Phi) is 4.59. The van der Waals surface area contributed by atoms with E-state index in [9.17, 15) is 4.39 Å². The van der Waals surface area contributed by atoms with Crippen LogP contribution in [-0.4, -0.2) is 20.1 Å². The van der Waals surface area contributed by atoms with Gasteiger partial charge in [-0.15, -0.1) is 0 Å². The van der Waals surface area contributed by atoms with Crippen molar-refractivity contribution in [2.75, 3.05) is 19.0 Å². The molecule has 0 heterocycles. The molecule has 100 valence electrons. The van der Waals surface area contributed by atoms with E-state index in [1.165, 1.54) is 32.1 Å². The minimum Gasteiger partial charge on any atom is -0.369 e. The van der Waals surface area contributed by atoms with E-state index < -0.39 is 0 Å². The molecule has 0 spiro atoms. The van der Waals surface area contributed by atoms with Crippen molar-refractivity contribution in [2.24, 2.45) is 0 Å². The number of anilines is 1. The first kappa shape index (κ1) is 13.3. The number of nitrogens with zero attached hydrogens (tertiary/aromatic N) is 1. The maximum Gasteiger partial charge on any atom is 0.146 e. The Morgan fingerprint density at radius 3 is 2.67 bits per heavy atom. The lowest BCUT2D eigenvalue weighted by Crippen LogP contribution is -2.34. The quantitative estimate of drug-likeness (QED) is 0.882. The molecule has 0 unspecified atom stereocenters. The van der Waals surface area contributed by atoms with Gasteiger partial charge in [-0.05, 0) is 37.6 Å². The Morgan fingerprint density at radius 1 is 1.28 bits per heavy atom. The number of hydrogen-bond donors (Lipinski definition) is 1. The molecule has 0 radical (unpaired) electrons. The summed E-state index contributed by atoms with van der Waals surface area (Å²) in [5.74, 6) is -0.108. The number of halogens is 1. The van der Waals surface area contributed by atoms with Crippen molar-refractivity contribution in [3.8, 4) is 0 Å². The van der Waals surface area contributed by atoms with Gasteiger partial charge in [0, 0.05) is 19.6 Å². The molecule has 1 aliphatic rings. The van der Waals surface area contributed by atoms with Gasteiger partial charge in [-0.3, -0.25) is 0 Å². The second-order valence-corrected chi connectivity index (χ2v) is 5.22. The smallest absolute Gasteiger partial charge is 0.146 e. The Balaban J connectivity index is 2.16. The van der Waals surface area contributed by atoms with Gasteiger partial charge in [0.1, 0.15) is 5.82 Å². The molecule has 18 heavy (non-hydrogen) atoms. The molecule has 0 aromatic heterocycles. The van der Waals surface area contributed by atoms with Gasteiger partial charge in [0.05, 0.1) is 5.69 Å². The molecule has 1 saturated carbocycles. The Morgan fingerprint density at radius 2 is 2.00 bits per heavy atom. The highest BCUT2D eigenvalue weighted by atomic mass is 19.1. The number of benzene rings is 1. The maximum atomic E-state index is 14.0. The van der Waals surface area contributed by atoms with Gasteiger partial charge in [-0.2, -0.15) is 0 Å². The standard InChI is InChI=1S/C15H23FN2/c1-17-11-12-8-9-14(16)15(10-12)18(2)13-6-4-3-5-7-13/h8-10,13,17H,3-7,11H2,1-2H3. The fourth-order valence-corrected chi connectivity index (χ4v) is 2.81. The third-order valence-corrected chi connectivity index (χ3v) is 3.89. The van der Waals surface area contributed by atoms with E-state index in [1.54, 1.807) is 6.07 Å². The van der Waals surface area contributed by atoms with Crippen LogP contribution >= 0.6 is 0 Å². The third kappa shape index (κ3) is 3.02. The van der Waals surface area contributed by atoms with E-state index in [0.717, 1.165) is 17.8 Å². The summed E-state index contributed by atoms with van der Waals surface area (Å²) in [5, 5.41) is 3.11. The van der Waals surface area contributed by atoms with E-state index in [2.05, 4.69) is 10.2 Å². The molecule has 0 saturated heterocycles. The zero-order chi connectivity index (χ0) is 13.0. The largest absolute Gasteiger partial charge is 0.369 e. The highest BCUT2D eigenvalue weighted by Gasteiger charge is 2.20. The SMILES string of the molecule is CNCc1ccc(F)c(N(C)C2CCCCC2)c1. The molecule has 1 N–H and O–H groups in total. The van der Waals surface area contributed by atoms with Crippen LogP contribution in [0.5, 0.6) is 0 Å². The Hall–Kier alpha value is -1.09. The molecule has 1 fully saturated rings. The first-order chi connectivity index (χ1) is 8.72. The lowest BCUT2D eigenvalue weighted by molar-refractivity contribution is 0.424. The van der Waals surface area contributed by atoms with Gasteiger partial charge in [-0.1, -0.05) is 25.3 Å². The topological polar surface area (TPSA) is 15.3 Å². The van der Waals surface area contributed by atoms with Gasteiger partial charge in [0.25, 0.3) is 0 Å². The predicted molar refractivity (Wildman–Crippen MR) is 74.4 cm³/mol. The van der Waals surface area contributed by atoms with E-state index in [-0.39, 0.29) is 5.82 Å². The molecule has 0 amide bonds. The molecular weight excluding hydrogens is 227 g/mol. The molecule has 2 rings (SSSR count). The summed E-state index contributed by atoms with van der Waals surface area (Å²) in [7, 11) is 3.94. The maximum absolute atomic E-state index is 14.0. The lowest BCUT2D eigenvalue weighted by Gasteiger charge is -2.33. The average molecular weight is 250 g/mol. The van der Waals surface area contributed by atoms with Crippen molar-refractivity contribution in [1.29, 1.82) is 0 Å². The van der Waals surface area contributed by atoms with Gasteiger partial charge in [-0.25, -0.2) is 4.39 Å². The molecule has 0 bridgehead atoms. The number of hydrogen-bond acceptors (Lipinski definition) is 2. The zero-order valence-corrected chi connectivity index (χ0v) is 11.4. The van der Waals surface area contributed by atoms with Crippen LogP contribution in [0.25, 0.3) is 0 Å². The zero-order valence-electron chi connectivity index (χ0n) is 11.4. The molecule has 1 aromatic carbocycles. The highest BCUT2D eigenvalue weighted by molar-refractivity contribution is 5.50. The second-order valence-electron chi connectivity index (χ2n) is 5.22. The van der Waals surface area contributed by atoms with Crippen LogP contribution in [0.1, 0.15) is 37.7 Å². The summed E-state index contributed by atoms with van der Waals surface area (Å²) in [5.41, 5.74) is 1.88. The summed E-state index contributed by atoms with van der Waals surface area (Å²) in [6.45, 7) is 0.784. The minimum absolute atomic E-state index is 0.108. The van der Waals surface area contributed by atoms with Gasteiger partial charge < -0.3 is 10.2 Å². The molecular formula is C15H23FN2. The summed E-state index contributed by atoms with van der Waals surface area (Å²) in [6, 6.07) is 5.91. The summed E-state index contributed by atoms with van der Waals surface area (Å²) in [4.78, 5) is 2.13. The normalized spacial score (nSPS) is 16.8. The van der Waals surface area contributed by atoms with Crippen LogP contribution in [-0.2, 0) is 6.54 Å². The van der Waals surface area contributed by atoms with Crippen molar-refractivity contribution in [1.82, 2.24) is 5.32 Å². The first-order valence-corrected chi connectivity index (χ1v) is 6.88. The van der Waals surface area contributed by atoms with E-state index in [0.29, 0.717) is 6.04 Å². The number of nitrogens with one attached hydrogen (secondary N) is 1. The van der Waals surface area contributed by atoms with Gasteiger partial charge in [0.2, 0.25) is 0 Å². The average Bonchev–Trinajstić information content (AvgIpc) is 2.41. The van der Waals surface area contributed by atoms with Crippen molar-refractivity contribution in [2.45, 2.75) is 44.7 Å². The van der Waals surface area contributed by atoms with Gasteiger partial charge >= 0.3 is 0 Å². The molecule has 0 aliphatic heterocycles. The van der Waals surface area contributed by atoms with Crippen molar-refractivity contribution in [3.63, 3.8) is 0 Å². The van der Waals surface area contributed by atoms with Crippen LogP contribution in [0.15, 0.2) is 18.2 Å². The van der Waals surface area contributed by atoms with Crippen molar-refractivity contribution >= 4 is 5.69 Å². The van der Waals surface area contributed by atoms with E-state index in [4.69, 9.17) is 0 Å². The van der Waals surface area contributed by atoms with Crippen LogP contribution in [0.3, 0.4) is 0 Å². The third-order valence-electron chi connectivity index (χ3n) is 3.89. The molecule has 3 heteroatoms. The molecule has 1 aliphatic carbocycles. The number of rotatable bonds is 4. The van der Waals surface area contributed by atoms with Crippen LogP contribution in [0.4, 0.5) is 10.1 Å². The fraction of sp³-hybridized carbons (Fsp3) is 0.600. The minimum atomic E-state index is -0.108. The fourth-order valence-electron chi connectivity index (χ4n) is 2.81. The van der Waals surface area contributed by atoms with E-state index in [1.807, 2.05) is 26.2 Å². The monoisotopic (exact) mass is 250 g/mol. The predicted octanol–water partition coefficient (Wildman–Crippen LogP) is 3.31. The summed E-state index contributed by atoms with van der Waals surface area (Å²) >= 11 is 0. The first-order valence-electron chi connectivity index (χ1n) is 6.88. The van der Waals surface area contributed by atoms with E-state index >= 15 is 0 Å². The highest BCUT2D eigenvalue weighted by Crippen LogP contribution is 2.28. The van der Waals surface area contributed by atoms with Crippen molar-refractivity contribution < 1.29 is 4.39 Å². The van der Waals surface area contributed by atoms with Crippen molar-refractivity contribution in [3.05, 3.63) is 29.6 Å². The summed E-state index contributed by atoms with van der Waals surface area (Å²) < 4.78 is 14.0. The lowest BCUT2D eigenvalue weighted by atomic mass is 9.94. The van der Waals surface area contributed by atoms with Gasteiger partial charge in [0.15, 0.2) is 0 Å². The van der Waals surface area contributed by atoms with Crippen LogP contribution in [0, 0.1) is 5.82 Å². The Labute approximate surface area is 109 Å². The molecule has 0 atom stereocenters. The summed E-state index contributed by atoms with van der Waals surface area (Å²) in [6.07, 6.45) is 6.24. The second kappa shape index (κ2) is 6.19. The van der Waals surface area contributed by atoms with Crippen LogP contribution < -0.4 is 10.2 Å². The van der Waals surface area contributed by atoms with Crippen LogP contribution in [0.2, 0.25) is 0 Å². The Bertz CT molecular complexity index is 386.